The fourth-order valence-electron chi connectivity index (χ4n) is 2.88. The molecular weight excluding hydrogens is 202 g/mol. The summed E-state index contributed by atoms with van der Waals surface area (Å²) < 4.78 is 11.2. The molecule has 1 atom stereocenters. The molecule has 1 saturated carbocycles. The van der Waals surface area contributed by atoms with Crippen molar-refractivity contribution in [2.24, 2.45) is 5.41 Å². The Morgan fingerprint density at radius 1 is 1.19 bits per heavy atom. The number of hydrogen-bond acceptors (Lipinski definition) is 3. The molecule has 16 heavy (non-hydrogen) atoms. The van der Waals surface area contributed by atoms with Crippen molar-refractivity contribution < 1.29 is 9.47 Å². The molecule has 1 saturated heterocycles. The molecule has 0 amide bonds. The van der Waals surface area contributed by atoms with E-state index in [-0.39, 0.29) is 5.79 Å². The van der Waals surface area contributed by atoms with Crippen LogP contribution in [0.5, 0.6) is 0 Å². The molecule has 1 aliphatic carbocycles. The molecule has 1 unspecified atom stereocenters. The zero-order chi connectivity index (χ0) is 11.6. The number of hydrogen-bond donors (Lipinski definition) is 1. The van der Waals surface area contributed by atoms with Crippen molar-refractivity contribution in [3.8, 4) is 0 Å². The molecular formula is C13H25NO2. The normalized spacial score (nSPS) is 32.1. The van der Waals surface area contributed by atoms with Gasteiger partial charge in [-0.2, -0.15) is 0 Å². The van der Waals surface area contributed by atoms with Gasteiger partial charge in [-0.3, -0.25) is 0 Å². The first-order valence-electron chi connectivity index (χ1n) is 6.53. The Kier molecular flexibility index (Phi) is 3.57. The van der Waals surface area contributed by atoms with Crippen LogP contribution in [0.1, 0.15) is 46.5 Å². The van der Waals surface area contributed by atoms with Crippen molar-refractivity contribution >= 4 is 0 Å². The van der Waals surface area contributed by atoms with Gasteiger partial charge in [0.05, 0.1) is 13.2 Å². The molecule has 1 N–H and O–H groups in total. The zero-order valence-electron chi connectivity index (χ0n) is 10.8. The minimum atomic E-state index is -0.338. The first-order valence-corrected chi connectivity index (χ1v) is 6.53. The minimum Gasteiger partial charge on any atom is -0.348 e. The lowest BCUT2D eigenvalue weighted by atomic mass is 9.87. The van der Waals surface area contributed by atoms with E-state index in [0.717, 1.165) is 26.2 Å². The lowest BCUT2D eigenvalue weighted by Crippen LogP contribution is -2.40. The second-order valence-corrected chi connectivity index (χ2v) is 5.97. The van der Waals surface area contributed by atoms with Crippen LogP contribution >= 0.6 is 0 Å². The molecule has 1 aliphatic heterocycles. The molecule has 1 heterocycles. The van der Waals surface area contributed by atoms with Gasteiger partial charge in [-0.25, -0.2) is 0 Å². The molecule has 0 radical (unpaired) electrons. The van der Waals surface area contributed by atoms with Crippen LogP contribution < -0.4 is 5.32 Å². The third-order valence-corrected chi connectivity index (χ3v) is 4.13. The first-order chi connectivity index (χ1) is 7.52. The lowest BCUT2D eigenvalue weighted by Gasteiger charge is -2.29. The summed E-state index contributed by atoms with van der Waals surface area (Å²) in [4.78, 5) is 0. The molecule has 3 heteroatoms. The molecule has 94 valence electrons. The summed E-state index contributed by atoms with van der Waals surface area (Å²) in [7, 11) is 0. The predicted molar refractivity (Wildman–Crippen MR) is 64.3 cm³/mol. The highest BCUT2D eigenvalue weighted by Gasteiger charge is 2.35. The average molecular weight is 227 g/mol. The Balaban J connectivity index is 1.71. The summed E-state index contributed by atoms with van der Waals surface area (Å²) in [5, 5.41) is 3.66. The van der Waals surface area contributed by atoms with Crippen molar-refractivity contribution in [1.29, 1.82) is 0 Å². The van der Waals surface area contributed by atoms with Crippen molar-refractivity contribution in [2.75, 3.05) is 19.8 Å². The smallest absolute Gasteiger partial charge is 0.166 e. The largest absolute Gasteiger partial charge is 0.348 e. The quantitative estimate of drug-likeness (QED) is 0.799. The van der Waals surface area contributed by atoms with Crippen LogP contribution in [0, 0.1) is 5.41 Å². The van der Waals surface area contributed by atoms with Crippen molar-refractivity contribution in [3.05, 3.63) is 0 Å². The highest BCUT2D eigenvalue weighted by Crippen LogP contribution is 2.37. The molecule has 0 bridgehead atoms. The second kappa shape index (κ2) is 4.63. The van der Waals surface area contributed by atoms with E-state index < -0.39 is 0 Å². The Labute approximate surface area is 98.9 Å². The van der Waals surface area contributed by atoms with Gasteiger partial charge < -0.3 is 14.8 Å². The van der Waals surface area contributed by atoms with E-state index in [4.69, 9.17) is 9.47 Å². The van der Waals surface area contributed by atoms with E-state index in [1.54, 1.807) is 0 Å². The van der Waals surface area contributed by atoms with Crippen LogP contribution in [0.15, 0.2) is 0 Å². The molecule has 2 fully saturated rings. The maximum absolute atomic E-state index is 5.59. The summed E-state index contributed by atoms with van der Waals surface area (Å²) >= 11 is 0. The maximum Gasteiger partial charge on any atom is 0.166 e. The highest BCUT2D eigenvalue weighted by molar-refractivity contribution is 4.90. The Hall–Kier alpha value is -0.120. The van der Waals surface area contributed by atoms with Crippen LogP contribution in [-0.2, 0) is 9.47 Å². The SMILES string of the molecule is CC1(CCNC2CCCC2(C)C)OCCO1. The standard InChI is InChI=1S/C13H25NO2/c1-12(2)6-4-5-11(12)14-8-7-13(3)15-9-10-16-13/h11,14H,4-10H2,1-3H3. The van der Waals surface area contributed by atoms with Gasteiger partial charge in [0.25, 0.3) is 0 Å². The molecule has 2 rings (SSSR count). The van der Waals surface area contributed by atoms with Gasteiger partial charge in [0.1, 0.15) is 0 Å². The minimum absolute atomic E-state index is 0.338. The first kappa shape index (κ1) is 12.3. The zero-order valence-corrected chi connectivity index (χ0v) is 10.8. The topological polar surface area (TPSA) is 30.5 Å². The van der Waals surface area contributed by atoms with Crippen molar-refractivity contribution in [1.82, 2.24) is 5.32 Å². The fourth-order valence-corrected chi connectivity index (χ4v) is 2.88. The second-order valence-electron chi connectivity index (χ2n) is 5.97. The summed E-state index contributed by atoms with van der Waals surface area (Å²) in [6.07, 6.45) is 4.95. The molecule has 2 aliphatic rings. The van der Waals surface area contributed by atoms with Gasteiger partial charge in [-0.1, -0.05) is 20.3 Å². The highest BCUT2D eigenvalue weighted by atomic mass is 16.7. The monoisotopic (exact) mass is 227 g/mol. The number of rotatable bonds is 4. The van der Waals surface area contributed by atoms with Crippen LogP contribution in [-0.4, -0.2) is 31.6 Å². The van der Waals surface area contributed by atoms with Crippen LogP contribution in [0.2, 0.25) is 0 Å². The van der Waals surface area contributed by atoms with Crippen LogP contribution in [0.25, 0.3) is 0 Å². The molecule has 3 nitrogen and oxygen atoms in total. The third kappa shape index (κ3) is 2.76. The average Bonchev–Trinajstić information content (AvgIpc) is 2.75. The summed E-state index contributed by atoms with van der Waals surface area (Å²) in [6.45, 7) is 9.24. The van der Waals surface area contributed by atoms with Crippen molar-refractivity contribution in [2.45, 2.75) is 58.3 Å². The molecule has 0 aromatic heterocycles. The van der Waals surface area contributed by atoms with E-state index in [9.17, 15) is 0 Å². The maximum atomic E-state index is 5.59. The molecule has 0 aromatic carbocycles. The molecule has 0 spiro atoms. The van der Waals surface area contributed by atoms with Gasteiger partial charge in [0.2, 0.25) is 0 Å². The third-order valence-electron chi connectivity index (χ3n) is 4.13. The summed E-state index contributed by atoms with van der Waals surface area (Å²) in [5.41, 5.74) is 0.457. The lowest BCUT2D eigenvalue weighted by molar-refractivity contribution is -0.146. The van der Waals surface area contributed by atoms with E-state index in [0.29, 0.717) is 11.5 Å². The van der Waals surface area contributed by atoms with Crippen LogP contribution in [0.4, 0.5) is 0 Å². The van der Waals surface area contributed by atoms with Gasteiger partial charge in [0, 0.05) is 19.0 Å². The Morgan fingerprint density at radius 2 is 1.88 bits per heavy atom. The van der Waals surface area contributed by atoms with E-state index >= 15 is 0 Å². The van der Waals surface area contributed by atoms with Gasteiger partial charge in [-0.15, -0.1) is 0 Å². The Bertz CT molecular complexity index is 234. The van der Waals surface area contributed by atoms with E-state index in [1.807, 2.05) is 6.92 Å². The number of nitrogens with one attached hydrogen (secondary N) is 1. The molecule has 0 aromatic rings. The number of ether oxygens (including phenoxy) is 2. The Morgan fingerprint density at radius 3 is 2.44 bits per heavy atom. The van der Waals surface area contributed by atoms with Gasteiger partial charge in [0.15, 0.2) is 5.79 Å². The van der Waals surface area contributed by atoms with Crippen LogP contribution in [0.3, 0.4) is 0 Å². The van der Waals surface area contributed by atoms with E-state index in [1.165, 1.54) is 19.3 Å². The van der Waals surface area contributed by atoms with E-state index in [2.05, 4.69) is 19.2 Å². The van der Waals surface area contributed by atoms with Gasteiger partial charge in [-0.05, 0) is 25.2 Å². The fraction of sp³-hybridized carbons (Fsp3) is 1.00. The van der Waals surface area contributed by atoms with Gasteiger partial charge >= 0.3 is 0 Å². The summed E-state index contributed by atoms with van der Waals surface area (Å²) in [5.74, 6) is -0.338. The predicted octanol–water partition coefficient (Wildman–Crippen LogP) is 2.31. The summed E-state index contributed by atoms with van der Waals surface area (Å²) in [6, 6.07) is 0.664. The van der Waals surface area contributed by atoms with Crippen molar-refractivity contribution in [3.63, 3.8) is 0 Å².